The van der Waals surface area contributed by atoms with Crippen molar-refractivity contribution < 1.29 is 9.53 Å². The van der Waals surface area contributed by atoms with E-state index < -0.39 is 0 Å². The van der Waals surface area contributed by atoms with Crippen molar-refractivity contribution in [1.82, 2.24) is 10.2 Å². The first-order chi connectivity index (χ1) is 9.78. The minimum absolute atomic E-state index is 0.0236. The molecule has 1 aromatic carbocycles. The molecule has 0 spiro atoms. The van der Waals surface area contributed by atoms with Crippen LogP contribution >= 0.6 is 0 Å². The molecule has 110 valence electrons. The number of nitrogens with one attached hydrogen (secondary N) is 1. The Labute approximate surface area is 121 Å². The largest absolute Gasteiger partial charge is 0.492 e. The Morgan fingerprint density at radius 2 is 2.10 bits per heavy atom. The number of ether oxygens (including phenoxy) is 1. The van der Waals surface area contributed by atoms with Crippen molar-refractivity contribution in [2.24, 2.45) is 0 Å². The van der Waals surface area contributed by atoms with Crippen LogP contribution in [-0.2, 0) is 11.2 Å². The molecule has 0 aromatic heterocycles. The van der Waals surface area contributed by atoms with Crippen LogP contribution in [0, 0.1) is 0 Å². The highest BCUT2D eigenvalue weighted by molar-refractivity contribution is 5.78. The Morgan fingerprint density at radius 1 is 1.30 bits per heavy atom. The molecule has 0 saturated carbocycles. The number of nitrogens with zero attached hydrogens (tertiary/aromatic N) is 1. The van der Waals surface area contributed by atoms with Crippen molar-refractivity contribution in [2.75, 3.05) is 33.3 Å². The molecule has 1 heterocycles. The summed E-state index contributed by atoms with van der Waals surface area (Å²) >= 11 is 0. The van der Waals surface area contributed by atoms with Crippen LogP contribution in [-0.4, -0.2) is 44.1 Å². The number of piperidine rings is 1. The van der Waals surface area contributed by atoms with Gasteiger partial charge < -0.3 is 10.1 Å². The lowest BCUT2D eigenvalue weighted by atomic mass is 10.1. The van der Waals surface area contributed by atoms with E-state index in [4.69, 9.17) is 4.74 Å². The average molecular weight is 276 g/mol. The Bertz CT molecular complexity index is 428. The number of hydrogen-bond acceptors (Lipinski definition) is 3. The molecule has 1 N–H and O–H groups in total. The molecule has 1 aliphatic heterocycles. The predicted octanol–water partition coefficient (Wildman–Crippen LogP) is 1.84. The van der Waals surface area contributed by atoms with E-state index >= 15 is 0 Å². The quantitative estimate of drug-likeness (QED) is 0.862. The van der Waals surface area contributed by atoms with Gasteiger partial charge in [-0.1, -0.05) is 18.6 Å². The third kappa shape index (κ3) is 4.85. The highest BCUT2D eigenvalue weighted by Gasteiger charge is 2.09. The van der Waals surface area contributed by atoms with Crippen LogP contribution in [0.5, 0.6) is 5.75 Å². The molecule has 1 amide bonds. The molecular weight excluding hydrogens is 252 g/mol. The third-order valence-corrected chi connectivity index (χ3v) is 3.67. The van der Waals surface area contributed by atoms with E-state index in [9.17, 15) is 4.79 Å². The fourth-order valence-electron chi connectivity index (χ4n) is 2.49. The summed E-state index contributed by atoms with van der Waals surface area (Å²) in [7, 11) is 1.65. The summed E-state index contributed by atoms with van der Waals surface area (Å²) in [5, 5.41) is 2.63. The maximum atomic E-state index is 11.4. The summed E-state index contributed by atoms with van der Waals surface area (Å²) in [6.45, 7) is 4.09. The SMILES string of the molecule is CNC(=O)Cc1cccc(OCCN2CCCCC2)c1. The maximum Gasteiger partial charge on any atom is 0.224 e. The van der Waals surface area contributed by atoms with Gasteiger partial charge in [0.05, 0.1) is 6.42 Å². The van der Waals surface area contributed by atoms with E-state index in [-0.39, 0.29) is 5.91 Å². The molecule has 0 bridgehead atoms. The van der Waals surface area contributed by atoms with Gasteiger partial charge >= 0.3 is 0 Å². The summed E-state index contributed by atoms with van der Waals surface area (Å²) in [5.41, 5.74) is 0.986. The average Bonchev–Trinajstić information content (AvgIpc) is 2.48. The molecular formula is C16H24N2O2. The summed E-state index contributed by atoms with van der Waals surface area (Å²) in [6, 6.07) is 7.79. The monoisotopic (exact) mass is 276 g/mol. The third-order valence-electron chi connectivity index (χ3n) is 3.67. The molecule has 4 nitrogen and oxygen atoms in total. The Balaban J connectivity index is 1.77. The Hall–Kier alpha value is -1.55. The van der Waals surface area contributed by atoms with Crippen LogP contribution in [0.3, 0.4) is 0 Å². The van der Waals surface area contributed by atoms with Crippen LogP contribution in [0.4, 0.5) is 0 Å². The second kappa shape index (κ2) is 7.90. The molecule has 0 aliphatic carbocycles. The van der Waals surface area contributed by atoms with Crippen molar-refractivity contribution in [3.05, 3.63) is 29.8 Å². The van der Waals surface area contributed by atoms with Gasteiger partial charge in [0.2, 0.25) is 5.91 Å². The minimum Gasteiger partial charge on any atom is -0.492 e. The smallest absolute Gasteiger partial charge is 0.224 e. The number of carbonyl (C=O) groups excluding carboxylic acids is 1. The first kappa shape index (κ1) is 14.9. The second-order valence-corrected chi connectivity index (χ2v) is 5.25. The van der Waals surface area contributed by atoms with Crippen LogP contribution in [0.1, 0.15) is 24.8 Å². The van der Waals surface area contributed by atoms with Gasteiger partial charge in [0, 0.05) is 13.6 Å². The molecule has 0 unspecified atom stereocenters. The normalized spacial score (nSPS) is 15.8. The van der Waals surface area contributed by atoms with Crippen molar-refractivity contribution in [3.63, 3.8) is 0 Å². The number of likely N-dealkylation sites (N-methyl/N-ethyl adjacent to an activating group) is 1. The lowest BCUT2D eigenvalue weighted by Crippen LogP contribution is -2.33. The first-order valence-corrected chi connectivity index (χ1v) is 7.42. The lowest BCUT2D eigenvalue weighted by molar-refractivity contribution is -0.119. The van der Waals surface area contributed by atoms with Gasteiger partial charge in [-0.2, -0.15) is 0 Å². The van der Waals surface area contributed by atoms with Gasteiger partial charge in [-0.15, -0.1) is 0 Å². The van der Waals surface area contributed by atoms with Gasteiger partial charge in [0.15, 0.2) is 0 Å². The molecule has 1 fully saturated rings. The zero-order valence-electron chi connectivity index (χ0n) is 12.2. The van der Waals surface area contributed by atoms with Crippen LogP contribution in [0.25, 0.3) is 0 Å². The maximum absolute atomic E-state index is 11.4. The van der Waals surface area contributed by atoms with E-state index in [2.05, 4.69) is 10.2 Å². The summed E-state index contributed by atoms with van der Waals surface area (Å²) in [6.07, 6.45) is 4.38. The predicted molar refractivity (Wildman–Crippen MR) is 80.0 cm³/mol. The topological polar surface area (TPSA) is 41.6 Å². The van der Waals surface area contributed by atoms with Crippen molar-refractivity contribution in [2.45, 2.75) is 25.7 Å². The summed E-state index contributed by atoms with van der Waals surface area (Å²) in [5.74, 6) is 0.874. The van der Waals surface area contributed by atoms with Crippen molar-refractivity contribution >= 4 is 5.91 Å². The summed E-state index contributed by atoms with van der Waals surface area (Å²) < 4.78 is 5.79. The van der Waals surface area contributed by atoms with E-state index in [1.54, 1.807) is 7.05 Å². The van der Waals surface area contributed by atoms with Gasteiger partial charge in [-0.3, -0.25) is 9.69 Å². The fourth-order valence-corrected chi connectivity index (χ4v) is 2.49. The first-order valence-electron chi connectivity index (χ1n) is 7.42. The summed E-state index contributed by atoms with van der Waals surface area (Å²) in [4.78, 5) is 13.8. The van der Waals surface area contributed by atoms with E-state index in [1.807, 2.05) is 24.3 Å². The van der Waals surface area contributed by atoms with Gasteiger partial charge in [-0.05, 0) is 43.6 Å². The zero-order valence-corrected chi connectivity index (χ0v) is 12.2. The van der Waals surface area contributed by atoms with E-state index in [1.165, 1.54) is 32.4 Å². The highest BCUT2D eigenvalue weighted by Crippen LogP contribution is 2.14. The Kier molecular flexibility index (Phi) is 5.87. The number of carbonyl (C=O) groups is 1. The lowest BCUT2D eigenvalue weighted by Gasteiger charge is -2.26. The van der Waals surface area contributed by atoms with Crippen LogP contribution < -0.4 is 10.1 Å². The molecule has 20 heavy (non-hydrogen) atoms. The van der Waals surface area contributed by atoms with Crippen LogP contribution in [0.15, 0.2) is 24.3 Å². The number of likely N-dealkylation sites (tertiary alicyclic amines) is 1. The molecule has 4 heteroatoms. The second-order valence-electron chi connectivity index (χ2n) is 5.25. The van der Waals surface area contributed by atoms with E-state index in [0.29, 0.717) is 13.0 Å². The molecule has 1 saturated heterocycles. The minimum atomic E-state index is 0.0236. The number of hydrogen-bond donors (Lipinski definition) is 1. The molecule has 0 atom stereocenters. The number of amides is 1. The van der Waals surface area contributed by atoms with Gasteiger partial charge in [0.25, 0.3) is 0 Å². The van der Waals surface area contributed by atoms with Gasteiger partial charge in [-0.25, -0.2) is 0 Å². The van der Waals surface area contributed by atoms with Crippen molar-refractivity contribution in [1.29, 1.82) is 0 Å². The molecule has 1 aromatic rings. The standard InChI is InChI=1S/C16H24N2O2/c1-17-16(19)13-14-6-5-7-15(12-14)20-11-10-18-8-3-2-4-9-18/h5-7,12H,2-4,8-11,13H2,1H3,(H,17,19). The Morgan fingerprint density at radius 3 is 2.85 bits per heavy atom. The fraction of sp³-hybridized carbons (Fsp3) is 0.562. The van der Waals surface area contributed by atoms with Crippen molar-refractivity contribution in [3.8, 4) is 5.75 Å². The zero-order chi connectivity index (χ0) is 14.2. The molecule has 2 rings (SSSR count). The number of benzene rings is 1. The molecule has 1 aliphatic rings. The number of rotatable bonds is 6. The van der Waals surface area contributed by atoms with Crippen LogP contribution in [0.2, 0.25) is 0 Å². The van der Waals surface area contributed by atoms with E-state index in [0.717, 1.165) is 17.9 Å². The molecule has 0 radical (unpaired) electrons. The van der Waals surface area contributed by atoms with Gasteiger partial charge in [0.1, 0.15) is 12.4 Å². The highest BCUT2D eigenvalue weighted by atomic mass is 16.5.